The van der Waals surface area contributed by atoms with Crippen LogP contribution in [-0.2, 0) is 19.9 Å². The van der Waals surface area contributed by atoms with Crippen molar-refractivity contribution < 1.29 is 5.94 Å². The van der Waals surface area contributed by atoms with E-state index in [0.29, 0.717) is 0 Å². The smallest absolute Gasteiger partial charge is 0.185 e. The van der Waals surface area contributed by atoms with Crippen LogP contribution in [0.4, 0.5) is 0 Å². The lowest BCUT2D eigenvalue weighted by atomic mass is 9.86. The molecule has 1 heterocycles. The van der Waals surface area contributed by atoms with E-state index in [4.69, 9.17) is 1.37 Å². The average molecular weight is 264 g/mol. The Morgan fingerprint density at radius 3 is 2.60 bits per heavy atom. The average Bonchev–Trinajstić information content (AvgIpc) is 2.51. The van der Waals surface area contributed by atoms with Gasteiger partial charge in [0.1, 0.15) is 7.05 Å². The fourth-order valence-electron chi connectivity index (χ4n) is 3.56. The molecule has 0 bridgehead atoms. The number of benzene rings is 2. The SMILES string of the molecule is [3H]c1cc2c(ccc3c(C)[n+](C)ccc32)c2c1CCCC2. The highest BCUT2D eigenvalue weighted by Crippen LogP contribution is 2.33. The van der Waals surface area contributed by atoms with Gasteiger partial charge in [0.15, 0.2) is 11.9 Å². The molecule has 1 nitrogen and oxygen atoms in total. The topological polar surface area (TPSA) is 3.88 Å². The van der Waals surface area contributed by atoms with Crippen molar-refractivity contribution >= 4 is 21.5 Å². The second kappa shape index (κ2) is 4.31. The molecule has 1 aliphatic carbocycles. The zero-order valence-corrected chi connectivity index (χ0v) is 12.2. The van der Waals surface area contributed by atoms with E-state index in [1.807, 2.05) is 0 Å². The Balaban J connectivity index is 2.17. The standard InChI is InChI=1S/C19H20N/c1-13-15-9-10-17-16-6-4-3-5-14(16)7-8-18(17)19(15)11-12-20(13)2/h7-12H,3-6H2,1-2H3/q+1/i7T. The van der Waals surface area contributed by atoms with Gasteiger partial charge in [0.2, 0.25) is 0 Å². The molecule has 1 aliphatic rings. The molecular formula is C19H20N+. The van der Waals surface area contributed by atoms with Crippen molar-refractivity contribution in [1.29, 1.82) is 0 Å². The maximum absolute atomic E-state index is 8.40. The fourth-order valence-corrected chi connectivity index (χ4v) is 3.56. The van der Waals surface area contributed by atoms with Gasteiger partial charge in [-0.25, -0.2) is 4.57 Å². The number of aryl methyl sites for hydroxylation is 3. The molecule has 1 heteroatoms. The lowest BCUT2D eigenvalue weighted by Crippen LogP contribution is -2.31. The zero-order chi connectivity index (χ0) is 14.6. The summed E-state index contributed by atoms with van der Waals surface area (Å²) in [7, 11) is 2.09. The lowest BCUT2D eigenvalue weighted by molar-refractivity contribution is -0.676. The quantitative estimate of drug-likeness (QED) is 0.427. The Bertz CT molecular complexity index is 880. The van der Waals surface area contributed by atoms with Crippen LogP contribution >= 0.6 is 0 Å². The Hall–Kier alpha value is -1.89. The first-order chi connectivity index (χ1) is 10.2. The Morgan fingerprint density at radius 2 is 1.70 bits per heavy atom. The van der Waals surface area contributed by atoms with E-state index in [1.54, 1.807) is 0 Å². The van der Waals surface area contributed by atoms with Crippen molar-refractivity contribution in [2.45, 2.75) is 32.6 Å². The molecule has 1 aromatic heterocycles. The molecule has 0 amide bonds. The molecule has 0 spiro atoms. The van der Waals surface area contributed by atoms with E-state index in [1.165, 1.54) is 51.2 Å². The molecule has 20 heavy (non-hydrogen) atoms. The predicted molar refractivity (Wildman–Crippen MR) is 84.0 cm³/mol. The number of fused-ring (bicyclic) bond motifs is 5. The highest BCUT2D eigenvalue weighted by atomic mass is 14.9. The van der Waals surface area contributed by atoms with E-state index in [2.05, 4.69) is 49.0 Å². The van der Waals surface area contributed by atoms with Crippen molar-refractivity contribution in [1.82, 2.24) is 0 Å². The van der Waals surface area contributed by atoms with Crippen LogP contribution < -0.4 is 4.57 Å². The molecule has 0 N–H and O–H groups in total. The molecule has 0 saturated carbocycles. The summed E-state index contributed by atoms with van der Waals surface area (Å²) in [6.07, 6.45) is 6.81. The van der Waals surface area contributed by atoms with Gasteiger partial charge in [-0.1, -0.05) is 18.2 Å². The highest BCUT2D eigenvalue weighted by Gasteiger charge is 2.15. The van der Waals surface area contributed by atoms with E-state index in [-0.39, 0.29) is 0 Å². The van der Waals surface area contributed by atoms with Gasteiger partial charge in [0.25, 0.3) is 0 Å². The van der Waals surface area contributed by atoms with Crippen molar-refractivity contribution in [3.8, 4) is 0 Å². The Morgan fingerprint density at radius 1 is 0.950 bits per heavy atom. The van der Waals surface area contributed by atoms with Gasteiger partial charge in [-0.3, -0.25) is 0 Å². The number of rotatable bonds is 0. The third-order valence-electron chi connectivity index (χ3n) is 4.85. The Labute approximate surface area is 121 Å². The van der Waals surface area contributed by atoms with Crippen LogP contribution in [0.25, 0.3) is 21.5 Å². The summed E-state index contributed by atoms with van der Waals surface area (Å²) < 4.78 is 10.6. The zero-order valence-electron chi connectivity index (χ0n) is 13.2. The van der Waals surface area contributed by atoms with Crippen LogP contribution in [-0.4, -0.2) is 0 Å². The number of nitrogens with zero attached hydrogens (tertiary/aromatic N) is 1. The summed E-state index contributed by atoms with van der Waals surface area (Å²) in [6.45, 7) is 2.16. The molecule has 0 aliphatic heterocycles. The van der Waals surface area contributed by atoms with Gasteiger partial charge in [-0.15, -0.1) is 0 Å². The molecule has 0 fully saturated rings. The van der Waals surface area contributed by atoms with Gasteiger partial charge in [0, 0.05) is 23.8 Å². The molecule has 0 unspecified atom stereocenters. The van der Waals surface area contributed by atoms with Crippen LogP contribution in [0.3, 0.4) is 0 Å². The maximum Gasteiger partial charge on any atom is 0.185 e. The highest BCUT2D eigenvalue weighted by molar-refractivity contribution is 6.09. The lowest BCUT2D eigenvalue weighted by Gasteiger charge is -2.18. The van der Waals surface area contributed by atoms with Crippen molar-refractivity contribution in [3.05, 3.63) is 53.3 Å². The molecule has 0 saturated heterocycles. The van der Waals surface area contributed by atoms with Gasteiger partial charge in [0.05, 0.1) is 1.37 Å². The fraction of sp³-hybridized carbons (Fsp3) is 0.316. The van der Waals surface area contributed by atoms with E-state index >= 15 is 0 Å². The van der Waals surface area contributed by atoms with Gasteiger partial charge in [-0.05, 0) is 53.6 Å². The number of hydrogen-bond acceptors (Lipinski definition) is 0. The molecule has 0 radical (unpaired) electrons. The molecule has 100 valence electrons. The van der Waals surface area contributed by atoms with Crippen LogP contribution in [0.2, 0.25) is 0 Å². The summed E-state index contributed by atoms with van der Waals surface area (Å²) in [5, 5.41) is 5.19. The molecular weight excluding hydrogens is 242 g/mol. The maximum atomic E-state index is 8.40. The third-order valence-corrected chi connectivity index (χ3v) is 4.85. The monoisotopic (exact) mass is 264 g/mol. The van der Waals surface area contributed by atoms with Gasteiger partial charge >= 0.3 is 0 Å². The summed E-state index contributed by atoms with van der Waals surface area (Å²) in [5.74, 6) is 0. The minimum atomic E-state index is 0.732. The molecule has 0 atom stereocenters. The van der Waals surface area contributed by atoms with Gasteiger partial charge in [-0.2, -0.15) is 0 Å². The summed E-state index contributed by atoms with van der Waals surface area (Å²) >= 11 is 0. The summed E-state index contributed by atoms with van der Waals surface area (Å²) in [4.78, 5) is 0. The predicted octanol–water partition coefficient (Wildman–Crippen LogP) is 4.00. The Kier molecular flexibility index (Phi) is 2.34. The van der Waals surface area contributed by atoms with Crippen LogP contribution in [0.5, 0.6) is 0 Å². The first-order valence-corrected chi connectivity index (χ1v) is 7.50. The van der Waals surface area contributed by atoms with E-state index < -0.39 is 0 Å². The van der Waals surface area contributed by atoms with E-state index in [9.17, 15) is 0 Å². The number of pyridine rings is 1. The van der Waals surface area contributed by atoms with Crippen molar-refractivity contribution in [2.24, 2.45) is 7.05 Å². The van der Waals surface area contributed by atoms with Crippen LogP contribution in [0, 0.1) is 6.92 Å². The third kappa shape index (κ3) is 1.59. The van der Waals surface area contributed by atoms with Crippen molar-refractivity contribution in [2.75, 3.05) is 0 Å². The van der Waals surface area contributed by atoms with Crippen LogP contribution in [0.1, 0.15) is 31.0 Å². The normalized spacial score (nSPS) is 15.4. The second-order valence-corrected chi connectivity index (χ2v) is 5.95. The minimum absolute atomic E-state index is 0.732. The van der Waals surface area contributed by atoms with Crippen molar-refractivity contribution in [3.63, 3.8) is 0 Å². The summed E-state index contributed by atoms with van der Waals surface area (Å²) in [5.41, 5.74) is 3.99. The van der Waals surface area contributed by atoms with Crippen LogP contribution in [0.15, 0.2) is 36.5 Å². The molecule has 2 aromatic carbocycles. The first-order valence-electron chi connectivity index (χ1n) is 8.00. The molecule has 4 rings (SSSR count). The molecule has 3 aromatic rings. The number of hydrogen-bond donors (Lipinski definition) is 0. The number of aromatic nitrogens is 1. The second-order valence-electron chi connectivity index (χ2n) is 5.95. The van der Waals surface area contributed by atoms with E-state index in [0.717, 1.165) is 18.9 Å². The largest absolute Gasteiger partial charge is 0.205 e. The minimum Gasteiger partial charge on any atom is -0.205 e. The first kappa shape index (κ1) is 10.8. The van der Waals surface area contributed by atoms with Gasteiger partial charge < -0.3 is 0 Å². The summed E-state index contributed by atoms with van der Waals surface area (Å²) in [6, 6.07) is 9.54.